The van der Waals surface area contributed by atoms with Crippen LogP contribution in [0.1, 0.15) is 0 Å². The molecular weight excluding hydrogens is 84.1 g/mol. The highest BCUT2D eigenvalue weighted by Crippen LogP contribution is 2.04. The molecule has 2 nitrogen and oxygen atoms in total. The van der Waals surface area contributed by atoms with Gasteiger partial charge in [-0.2, -0.15) is 0 Å². The molecule has 0 aliphatic carbocycles. The van der Waals surface area contributed by atoms with Crippen molar-refractivity contribution in [1.29, 1.82) is 0 Å². The maximum atomic E-state index is 3.71. The lowest BCUT2D eigenvalue weighted by atomic mass is 11.2. The van der Waals surface area contributed by atoms with Crippen LogP contribution in [0.5, 0.6) is 0 Å². The summed E-state index contributed by atoms with van der Waals surface area (Å²) in [7, 11) is 0. The molecule has 5 heavy (non-hydrogen) atoms. The van der Waals surface area contributed by atoms with E-state index in [4.69, 9.17) is 0 Å². The Morgan fingerprint density at radius 2 is 2.80 bits per heavy atom. The van der Waals surface area contributed by atoms with Crippen LogP contribution in [0.2, 0.25) is 0 Å². The van der Waals surface area contributed by atoms with E-state index in [2.05, 4.69) is 9.71 Å². The third-order valence-corrected chi connectivity index (χ3v) is 0.777. The van der Waals surface area contributed by atoms with Gasteiger partial charge in [0.25, 0.3) is 0 Å². The molecule has 0 aromatic heterocycles. The summed E-state index contributed by atoms with van der Waals surface area (Å²) in [4.78, 5) is 0. The van der Waals surface area contributed by atoms with Crippen molar-refractivity contribution in [2.24, 2.45) is 4.40 Å². The Bertz CT molecular complexity index is 45.6. The zero-order valence-corrected chi connectivity index (χ0v) is 3.33. The Balaban J connectivity index is 2.32. The minimum Gasteiger partial charge on any atom is -0.360 e. The molecule has 0 aromatic carbocycles. The van der Waals surface area contributed by atoms with Crippen LogP contribution in [-0.2, 0) is 0 Å². The lowest BCUT2D eigenvalue weighted by Gasteiger charge is -1.72. The Kier molecular flexibility index (Phi) is 0.792. The summed E-state index contributed by atoms with van der Waals surface area (Å²) >= 11 is 1.41. The quantitative estimate of drug-likeness (QED) is 0.432. The summed E-state index contributed by atoms with van der Waals surface area (Å²) in [5.41, 5.74) is 0. The van der Waals surface area contributed by atoms with Gasteiger partial charge in [-0.15, -0.1) is 0 Å². The molecule has 0 saturated carbocycles. The number of rotatable bonds is 0. The van der Waals surface area contributed by atoms with E-state index in [1.165, 1.54) is 11.9 Å². The van der Waals surface area contributed by atoms with Crippen molar-refractivity contribution in [3.63, 3.8) is 0 Å². The van der Waals surface area contributed by atoms with E-state index in [-0.39, 0.29) is 0 Å². The highest BCUT2D eigenvalue weighted by atomic mass is 32.2. The molecule has 0 fully saturated rings. The highest BCUT2D eigenvalue weighted by molar-refractivity contribution is 8.00. The number of hydrogen-bond acceptors (Lipinski definition) is 3. The summed E-state index contributed by atoms with van der Waals surface area (Å²) in [6.45, 7) is 0. The molecule has 1 rings (SSSR count). The second kappa shape index (κ2) is 1.31. The van der Waals surface area contributed by atoms with Gasteiger partial charge in [0, 0.05) is 11.9 Å². The minimum absolute atomic E-state index is 1.41. The van der Waals surface area contributed by atoms with E-state index in [0.29, 0.717) is 0 Å². The molecule has 3 heteroatoms. The third-order valence-electron chi connectivity index (χ3n) is 0.309. The largest absolute Gasteiger partial charge is 0.360 e. The van der Waals surface area contributed by atoms with Crippen LogP contribution >= 0.6 is 11.9 Å². The molecule has 0 aromatic rings. The summed E-state index contributed by atoms with van der Waals surface area (Å²) in [5, 5.41) is 2.77. The van der Waals surface area contributed by atoms with Crippen molar-refractivity contribution < 1.29 is 0 Å². The minimum atomic E-state index is 1.41. The summed E-state index contributed by atoms with van der Waals surface area (Å²) in [5.74, 6) is 1.81. The molecule has 1 heterocycles. The van der Waals surface area contributed by atoms with Crippen molar-refractivity contribution in [1.82, 2.24) is 5.32 Å². The Morgan fingerprint density at radius 1 is 1.80 bits per heavy atom. The van der Waals surface area contributed by atoms with Gasteiger partial charge < -0.3 is 5.32 Å². The first-order valence-corrected chi connectivity index (χ1v) is 2.09. The Hall–Kier alpha value is -0.180. The second-order valence-electron chi connectivity index (χ2n) is 0.624. The number of hydrogen-bond donors (Lipinski definition) is 1. The molecule has 1 aliphatic rings. The SMILES string of the molecule is [CH]1NC=NS1. The lowest BCUT2D eigenvalue weighted by molar-refractivity contribution is 1.32. The maximum Gasteiger partial charge on any atom is 0.127 e. The zero-order valence-electron chi connectivity index (χ0n) is 2.51. The average Bonchev–Trinajstić information content (AvgIpc) is 1.76. The smallest absolute Gasteiger partial charge is 0.127 e. The number of nitrogens with one attached hydrogen (secondary N) is 1. The molecule has 0 unspecified atom stereocenters. The van der Waals surface area contributed by atoms with Crippen molar-refractivity contribution in [3.05, 3.63) is 5.88 Å². The molecule has 1 N–H and O–H groups in total. The van der Waals surface area contributed by atoms with Gasteiger partial charge in [-0.3, -0.25) is 0 Å². The molecule has 0 atom stereocenters. The van der Waals surface area contributed by atoms with E-state index in [1.807, 2.05) is 0 Å². The predicted octanol–water partition coefficient (Wildman–Crippen LogP) is 0.385. The third kappa shape index (κ3) is 0.545. The predicted molar refractivity (Wildman–Crippen MR) is 23.5 cm³/mol. The molecule has 0 amide bonds. The Labute approximate surface area is 34.8 Å². The van der Waals surface area contributed by atoms with Crippen molar-refractivity contribution in [2.45, 2.75) is 0 Å². The number of nitrogens with zero attached hydrogens (tertiary/aromatic N) is 1. The first-order chi connectivity index (χ1) is 2.50. The topological polar surface area (TPSA) is 24.4 Å². The standard InChI is InChI=1S/C2H3N2S/c1-3-2-5-4-1/h1-2H,(H,3,4). The van der Waals surface area contributed by atoms with Crippen LogP contribution in [0.15, 0.2) is 4.40 Å². The first-order valence-electron chi connectivity index (χ1n) is 1.25. The highest BCUT2D eigenvalue weighted by Gasteiger charge is 1.85. The van der Waals surface area contributed by atoms with Gasteiger partial charge in [0.15, 0.2) is 0 Å². The van der Waals surface area contributed by atoms with Crippen molar-refractivity contribution >= 4 is 18.3 Å². The summed E-state index contributed by atoms with van der Waals surface area (Å²) in [6, 6.07) is 0. The van der Waals surface area contributed by atoms with Crippen molar-refractivity contribution in [3.8, 4) is 0 Å². The van der Waals surface area contributed by atoms with Gasteiger partial charge >= 0.3 is 0 Å². The van der Waals surface area contributed by atoms with Crippen molar-refractivity contribution in [2.75, 3.05) is 0 Å². The van der Waals surface area contributed by atoms with Crippen LogP contribution in [0, 0.1) is 5.88 Å². The second-order valence-corrected chi connectivity index (χ2v) is 1.28. The van der Waals surface area contributed by atoms with Gasteiger partial charge in [-0.1, -0.05) is 0 Å². The van der Waals surface area contributed by atoms with E-state index in [1.54, 1.807) is 12.2 Å². The molecular formula is C2H3N2S. The fourth-order valence-electron chi connectivity index (χ4n) is 0.152. The van der Waals surface area contributed by atoms with E-state index in [0.717, 1.165) is 0 Å². The van der Waals surface area contributed by atoms with E-state index >= 15 is 0 Å². The van der Waals surface area contributed by atoms with Crippen LogP contribution < -0.4 is 5.32 Å². The average molecular weight is 87.1 g/mol. The van der Waals surface area contributed by atoms with Gasteiger partial charge in [-0.25, -0.2) is 4.40 Å². The van der Waals surface area contributed by atoms with Crippen LogP contribution in [0.4, 0.5) is 0 Å². The Morgan fingerprint density at radius 3 is 3.00 bits per heavy atom. The molecule has 1 radical (unpaired) electrons. The summed E-state index contributed by atoms with van der Waals surface area (Å²) in [6.07, 6.45) is 1.64. The fourth-order valence-corrected chi connectivity index (χ4v) is 0.456. The molecule has 0 saturated heterocycles. The van der Waals surface area contributed by atoms with Gasteiger partial charge in [0.05, 0.1) is 6.34 Å². The van der Waals surface area contributed by atoms with E-state index in [9.17, 15) is 0 Å². The molecule has 27 valence electrons. The van der Waals surface area contributed by atoms with Crippen LogP contribution in [-0.4, -0.2) is 6.34 Å². The maximum absolute atomic E-state index is 3.71. The van der Waals surface area contributed by atoms with Gasteiger partial charge in [0.2, 0.25) is 0 Å². The lowest BCUT2D eigenvalue weighted by Crippen LogP contribution is -1.94. The van der Waals surface area contributed by atoms with E-state index < -0.39 is 0 Å². The first kappa shape index (κ1) is 3.03. The summed E-state index contributed by atoms with van der Waals surface area (Å²) < 4.78 is 3.71. The van der Waals surface area contributed by atoms with Gasteiger partial charge in [0.1, 0.15) is 5.88 Å². The van der Waals surface area contributed by atoms with Crippen LogP contribution in [0.25, 0.3) is 0 Å². The van der Waals surface area contributed by atoms with Crippen LogP contribution in [0.3, 0.4) is 0 Å². The fraction of sp³-hybridized carbons (Fsp3) is 0. The normalized spacial score (nSPS) is 19.2. The molecule has 0 bridgehead atoms. The monoisotopic (exact) mass is 87.0 g/mol. The zero-order chi connectivity index (χ0) is 3.54. The molecule has 0 spiro atoms. The molecule has 1 aliphatic heterocycles. The van der Waals surface area contributed by atoms with Gasteiger partial charge in [-0.05, 0) is 0 Å².